The van der Waals surface area contributed by atoms with Gasteiger partial charge in [0, 0.05) is 88.6 Å². The molecule has 15 rings (SSSR count). The number of thiophene rings is 1. The van der Waals surface area contributed by atoms with Crippen LogP contribution >= 0.6 is 11.3 Å². The van der Waals surface area contributed by atoms with E-state index in [0.717, 1.165) is 155 Å². The third kappa shape index (κ3) is 20.9. The summed E-state index contributed by atoms with van der Waals surface area (Å²) in [5.41, 5.74) is 24.1. The summed E-state index contributed by atoms with van der Waals surface area (Å²) in [7, 11) is 0. The van der Waals surface area contributed by atoms with Crippen LogP contribution in [-0.4, -0.2) is 33.9 Å². The van der Waals surface area contributed by atoms with Crippen LogP contribution in [0.4, 0.5) is 5.69 Å². The van der Waals surface area contributed by atoms with Gasteiger partial charge in [-0.25, -0.2) is 21.4 Å². The number of allylic oxidation sites excluding steroid dienone is 8. The fraction of sp³-hybridized carbons (Fsp3) is 0.323. The fourth-order valence-electron chi connectivity index (χ4n) is 15.6. The average molecular weight is 2080 g/mol. The number of aliphatic hydroxyl groups is 1. The normalized spacial score (nSPS) is 14.5. The van der Waals surface area contributed by atoms with E-state index < -0.39 is 0 Å². The van der Waals surface area contributed by atoms with Crippen molar-refractivity contribution in [3.8, 4) is 27.9 Å². The summed E-state index contributed by atoms with van der Waals surface area (Å²) < 4.78 is 7.46. The Hall–Kier alpha value is -9.26. The quantitative estimate of drug-likeness (QED) is 0.0506. The van der Waals surface area contributed by atoms with Crippen LogP contribution in [0.25, 0.3) is 77.9 Å². The smallest absolute Gasteiger partial charge is 0.657 e. The van der Waals surface area contributed by atoms with E-state index in [1.807, 2.05) is 97.3 Å². The number of nitriles is 1. The van der Waals surface area contributed by atoms with Crippen molar-refractivity contribution in [1.82, 2.24) is 29.9 Å². The molecule has 11 aromatic rings. The number of hydrogen-bond acceptors (Lipinski definition) is 8. The van der Waals surface area contributed by atoms with Gasteiger partial charge in [-0.2, -0.15) is 0 Å². The largest absolute Gasteiger partial charge is 4.00 e. The van der Waals surface area contributed by atoms with Crippen LogP contribution in [0, 0.1) is 35.5 Å². The predicted octanol–water partition coefficient (Wildman–Crippen LogP) is 19.5. The maximum Gasteiger partial charge on any atom is 4.00 e. The molecule has 0 saturated heterocycles. The molecule has 8 bridgehead atoms. The molecule has 0 unspecified atom stereocenters. The van der Waals surface area contributed by atoms with Crippen molar-refractivity contribution >= 4 is 74.0 Å². The maximum atomic E-state index is 10.0. The molecule has 1 N–H and O–H groups in total. The molecule has 0 amide bonds. The Bertz CT molecular complexity index is 5460. The molecule has 0 aliphatic carbocycles. The number of ether oxygens (including phenoxy) is 1. The number of fused-ring (bicyclic) bond motifs is 10. The Labute approximate surface area is 726 Å². The van der Waals surface area contributed by atoms with Crippen molar-refractivity contribution < 1.29 is 75.9 Å². The first-order valence-corrected chi connectivity index (χ1v) is 40.5. The molecule has 4 aliphatic heterocycles. The standard InChI is InChI=1S/C36H44N4.C30H35N3O.C15H10N.C13H8NS.C5H8O2.2Ir.Pt/c1-9-21-22(10-2)30-18-32-25(13-5)26(14-6)34(39-32)20-36-28(16-8)27(15-7)35(40-36)19-33-24(12-4)23(11-3)31(38-33)17-29(21)37-30;1-28(2,3)26-18-21(25(19-31)32-8)17-22(34-26)10-9-20-15-23-27-24(16-20)30(6,7)12-14-33(27)13-11-29(23,4)5;1-2-7-13(8-3-1)15-14-9-5-4-6-12(14)10-11-16-15;1-2-7-12-10(5-1)9-13(15-12)11-6-3-4-8-14-11;1-4(6)3-5(2)7;;;/h17-20H,9-16H2,1-8H3;9-10,15-18H,11-14H2,1-7H3;1-7,9-11H;1-8H;3,6H,1-2H3;;;/q-4;;2*-1;;;;+4/b;10-9+,25-21-;;;;;;. The summed E-state index contributed by atoms with van der Waals surface area (Å²) in [4.78, 5) is 46.9. The average Bonchev–Trinajstić information content (AvgIpc) is 1.61. The number of hydrogen-bond donors (Lipinski definition) is 1. The number of aromatic nitrogens is 6. The molecule has 115 heavy (non-hydrogen) atoms. The number of ketones is 1. The molecular formula is C99H105Ir2N9O3PtS-2. The zero-order valence-corrected chi connectivity index (χ0v) is 77.3. The first-order valence-electron chi connectivity index (χ1n) is 39.7. The summed E-state index contributed by atoms with van der Waals surface area (Å²) in [5, 5.41) is 25.6. The molecule has 11 heterocycles. The fourth-order valence-corrected chi connectivity index (χ4v) is 16.6. The Kier molecular flexibility index (Phi) is 32.2. The van der Waals surface area contributed by atoms with Crippen LogP contribution in [0.3, 0.4) is 0 Å². The van der Waals surface area contributed by atoms with E-state index >= 15 is 0 Å². The molecule has 4 aliphatic rings. The summed E-state index contributed by atoms with van der Waals surface area (Å²) in [6, 6.07) is 45.7. The van der Waals surface area contributed by atoms with E-state index in [1.165, 1.54) is 102 Å². The Balaban J connectivity index is 0.000000197. The number of nitrogens with zero attached hydrogens (tertiary/aromatic N) is 9. The molecule has 7 aromatic heterocycles. The Morgan fingerprint density at radius 2 is 1.13 bits per heavy atom. The van der Waals surface area contributed by atoms with E-state index in [0.29, 0.717) is 11.3 Å². The van der Waals surface area contributed by atoms with Crippen LogP contribution in [0.5, 0.6) is 0 Å². The van der Waals surface area contributed by atoms with Crippen LogP contribution < -0.4 is 46.2 Å². The molecule has 4 aromatic carbocycles. The van der Waals surface area contributed by atoms with Crippen LogP contribution in [0.15, 0.2) is 174 Å². The second-order valence-corrected chi connectivity index (χ2v) is 32.1. The van der Waals surface area contributed by atoms with Gasteiger partial charge in [0.2, 0.25) is 0 Å². The Morgan fingerprint density at radius 1 is 0.635 bits per heavy atom. The third-order valence-electron chi connectivity index (χ3n) is 21.5. The molecule has 0 fully saturated rings. The minimum Gasteiger partial charge on any atom is -0.657 e. The SMILES string of the molecule is CC(=O)C=C(C)O.CCc1c2[n-]c(c1CC)C=c1[n-]c(c(CC)c1CC)=Cc1[n-]c(c(CC)c1CC)C=c1[n-]c(c(CC)c1CC)=C2.[C-]#[N+]/C(C#N)=C1C=C(/C=C/c2cc3c4c(c2)C(C)(C)CCN4CCC3(C)C)OC(C(C)(C)C)=C/1.[Ir].[Ir].[Pt+4].[c-]1c(-c2ccccn2)sc2ccccc12.[c-]1ccccc1-c1nccc2ccccc12. The number of benzene rings is 4. The van der Waals surface area contributed by atoms with Crippen molar-refractivity contribution in [1.29, 1.82) is 5.26 Å². The second kappa shape index (κ2) is 40.5. The van der Waals surface area contributed by atoms with E-state index in [1.54, 1.807) is 17.4 Å². The number of carbonyl (C=O) groups excluding carboxylic acids is 1. The van der Waals surface area contributed by atoms with E-state index in [4.69, 9.17) is 36.4 Å². The van der Waals surface area contributed by atoms with Gasteiger partial charge in [-0.15, -0.1) is 104 Å². The molecule has 0 spiro atoms. The van der Waals surface area contributed by atoms with Gasteiger partial charge in [0.25, 0.3) is 5.70 Å². The Morgan fingerprint density at radius 3 is 1.57 bits per heavy atom. The van der Waals surface area contributed by atoms with Crippen molar-refractivity contribution in [2.24, 2.45) is 5.41 Å². The van der Waals surface area contributed by atoms with Gasteiger partial charge in [-0.3, -0.25) is 4.79 Å². The molecular weight excluding hydrogens is 1970 g/mol. The summed E-state index contributed by atoms with van der Waals surface area (Å²) in [5.74, 6) is 1.33. The van der Waals surface area contributed by atoms with Crippen LogP contribution in [0.1, 0.15) is 215 Å². The van der Waals surface area contributed by atoms with Crippen LogP contribution in [0.2, 0.25) is 0 Å². The molecule has 600 valence electrons. The van der Waals surface area contributed by atoms with Crippen molar-refractivity contribution in [3.63, 3.8) is 0 Å². The van der Waals surface area contributed by atoms with Gasteiger partial charge in [0.05, 0.1) is 18.4 Å². The van der Waals surface area contributed by atoms with Gasteiger partial charge < -0.3 is 44.6 Å². The van der Waals surface area contributed by atoms with E-state index in [2.05, 4.69) is 209 Å². The number of aliphatic hydroxyl groups excluding tert-OH is 1. The summed E-state index contributed by atoms with van der Waals surface area (Å²) >= 11 is 1.73. The van der Waals surface area contributed by atoms with Gasteiger partial charge in [0.1, 0.15) is 11.5 Å². The first kappa shape index (κ1) is 91.3. The van der Waals surface area contributed by atoms with Crippen molar-refractivity contribution in [3.05, 3.63) is 303 Å². The molecule has 16 heteroatoms. The second-order valence-electron chi connectivity index (χ2n) is 31.1. The van der Waals surface area contributed by atoms with Gasteiger partial charge in [-0.1, -0.05) is 227 Å². The molecule has 0 atom stereocenters. The minimum absolute atomic E-state index is 0. The molecule has 12 nitrogen and oxygen atoms in total. The minimum atomic E-state index is -0.241. The van der Waals surface area contributed by atoms with Crippen LogP contribution in [-0.2, 0) is 133 Å². The monoisotopic (exact) mass is 2080 g/mol. The van der Waals surface area contributed by atoms with Crippen molar-refractivity contribution in [2.45, 2.75) is 193 Å². The summed E-state index contributed by atoms with van der Waals surface area (Å²) in [6.45, 7) is 46.0. The van der Waals surface area contributed by atoms with Gasteiger partial charge in [-0.05, 0) is 180 Å². The van der Waals surface area contributed by atoms with E-state index in [-0.39, 0.29) is 94.8 Å². The van der Waals surface area contributed by atoms with Crippen molar-refractivity contribution in [2.75, 3.05) is 18.0 Å². The number of pyridine rings is 2. The number of carbonyl (C=O) groups is 1. The molecule has 0 saturated carbocycles. The summed E-state index contributed by atoms with van der Waals surface area (Å²) in [6.07, 6.45) is 31.4. The first-order chi connectivity index (χ1) is 53.8. The predicted molar refractivity (Wildman–Crippen MR) is 463 cm³/mol. The number of anilines is 1. The number of rotatable bonds is 13. The molecule has 2 radical (unpaired) electrons. The zero-order chi connectivity index (χ0) is 80.2. The van der Waals surface area contributed by atoms with Gasteiger partial charge in [0.15, 0.2) is 5.78 Å². The van der Waals surface area contributed by atoms with E-state index in [9.17, 15) is 10.1 Å². The maximum absolute atomic E-state index is 10.0. The van der Waals surface area contributed by atoms with Gasteiger partial charge >= 0.3 is 21.1 Å². The third-order valence-corrected chi connectivity index (χ3v) is 22.6. The zero-order valence-electron chi connectivity index (χ0n) is 69.4. The topological polar surface area (TPSA) is 160 Å².